The fourth-order valence-electron chi connectivity index (χ4n) is 4.21. The Balaban J connectivity index is 1.57. The molecule has 1 aromatic heterocycles. The number of nitrogens with one attached hydrogen (secondary N) is 1. The molecule has 1 atom stereocenters. The summed E-state index contributed by atoms with van der Waals surface area (Å²) in [5, 5.41) is 2.76. The monoisotopic (exact) mass is 479 g/mol. The Morgan fingerprint density at radius 1 is 1.23 bits per heavy atom. The van der Waals surface area contributed by atoms with E-state index in [0.717, 1.165) is 29.5 Å². The average molecular weight is 480 g/mol. The maximum atomic E-state index is 13.6. The van der Waals surface area contributed by atoms with Crippen LogP contribution in [-0.4, -0.2) is 34.8 Å². The molecule has 2 aromatic carbocycles. The fourth-order valence-corrected chi connectivity index (χ4v) is 4.21. The van der Waals surface area contributed by atoms with Crippen LogP contribution in [0, 0.1) is 11.7 Å². The third kappa shape index (κ3) is 5.53. The normalized spacial score (nSPS) is 15.1. The van der Waals surface area contributed by atoms with Gasteiger partial charge in [-0.2, -0.15) is 0 Å². The molecule has 1 aliphatic rings. The molecule has 0 bridgehead atoms. The highest BCUT2D eigenvalue weighted by atomic mass is 19.1. The summed E-state index contributed by atoms with van der Waals surface area (Å²) in [4.78, 5) is 31.2. The van der Waals surface area contributed by atoms with Gasteiger partial charge in [-0.15, -0.1) is 0 Å². The molecule has 3 aromatic rings. The van der Waals surface area contributed by atoms with E-state index in [0.29, 0.717) is 18.8 Å². The molecule has 8 heteroatoms. The molecule has 1 unspecified atom stereocenters. The van der Waals surface area contributed by atoms with Gasteiger partial charge in [-0.3, -0.25) is 9.59 Å². The number of nitrogens with zero attached hydrogens (tertiary/aromatic N) is 2. The molecule has 0 spiro atoms. The number of carbonyl (C=O) groups excluding carboxylic acids is 2. The van der Waals surface area contributed by atoms with E-state index in [9.17, 15) is 14.0 Å². The number of halogens is 1. The molecule has 0 radical (unpaired) electrons. The Morgan fingerprint density at radius 2 is 2.00 bits per heavy atom. The first kappa shape index (κ1) is 24.4. The minimum Gasteiger partial charge on any atom is -0.484 e. The number of carbonyl (C=O) groups is 2. The van der Waals surface area contributed by atoms with Gasteiger partial charge >= 0.3 is 0 Å². The zero-order chi connectivity index (χ0) is 24.9. The zero-order valence-corrected chi connectivity index (χ0v) is 20.2. The van der Waals surface area contributed by atoms with E-state index in [4.69, 9.17) is 9.15 Å². The van der Waals surface area contributed by atoms with Crippen molar-refractivity contribution < 1.29 is 23.1 Å². The predicted molar refractivity (Wildman–Crippen MR) is 128 cm³/mol. The molecule has 184 valence electrons. The lowest BCUT2D eigenvalue weighted by molar-refractivity contribution is -0.136. The van der Waals surface area contributed by atoms with Crippen molar-refractivity contribution in [2.24, 2.45) is 5.92 Å². The van der Waals surface area contributed by atoms with E-state index < -0.39 is 0 Å². The molecule has 1 aliphatic heterocycles. The second kappa shape index (κ2) is 10.7. The first-order chi connectivity index (χ1) is 16.9. The number of oxazole rings is 1. The van der Waals surface area contributed by atoms with E-state index >= 15 is 0 Å². The van der Waals surface area contributed by atoms with Crippen molar-refractivity contribution in [3.05, 3.63) is 82.8 Å². The van der Waals surface area contributed by atoms with Gasteiger partial charge in [0.05, 0.1) is 6.04 Å². The number of benzene rings is 2. The SMILES string of the molecule is CCCNC(=O)c1coc(COc2ccc3c(c2)C(c2ccc(F)cc2)N(C(=O)C(C)C)CC3)n1. The van der Waals surface area contributed by atoms with Crippen LogP contribution in [0.3, 0.4) is 0 Å². The van der Waals surface area contributed by atoms with Crippen LogP contribution in [0.2, 0.25) is 0 Å². The van der Waals surface area contributed by atoms with E-state index in [-0.39, 0.29) is 47.8 Å². The largest absolute Gasteiger partial charge is 0.484 e. The number of ether oxygens (including phenoxy) is 1. The molecule has 1 N–H and O–H groups in total. The van der Waals surface area contributed by atoms with Gasteiger partial charge in [0.2, 0.25) is 11.8 Å². The van der Waals surface area contributed by atoms with Crippen molar-refractivity contribution in [3.8, 4) is 5.75 Å². The van der Waals surface area contributed by atoms with E-state index in [1.165, 1.54) is 18.4 Å². The minimum atomic E-state index is -0.339. The zero-order valence-electron chi connectivity index (χ0n) is 20.2. The van der Waals surface area contributed by atoms with Crippen molar-refractivity contribution in [1.82, 2.24) is 15.2 Å². The summed E-state index contributed by atoms with van der Waals surface area (Å²) in [5.74, 6) is 0.156. The Labute approximate surface area is 204 Å². The number of aromatic nitrogens is 1. The van der Waals surface area contributed by atoms with Gasteiger partial charge in [-0.1, -0.05) is 39.0 Å². The smallest absolute Gasteiger partial charge is 0.273 e. The Morgan fingerprint density at radius 3 is 2.71 bits per heavy atom. The number of amides is 2. The Hall–Kier alpha value is -3.68. The third-order valence-electron chi connectivity index (χ3n) is 5.99. The summed E-state index contributed by atoms with van der Waals surface area (Å²) >= 11 is 0. The number of hydrogen-bond acceptors (Lipinski definition) is 5. The van der Waals surface area contributed by atoms with Gasteiger partial charge in [-0.25, -0.2) is 9.37 Å². The summed E-state index contributed by atoms with van der Waals surface area (Å²) in [5.41, 5.74) is 3.11. The molecule has 2 amide bonds. The third-order valence-corrected chi connectivity index (χ3v) is 5.99. The molecule has 4 rings (SSSR count). The summed E-state index contributed by atoms with van der Waals surface area (Å²) in [6.45, 7) is 6.94. The molecule has 0 saturated carbocycles. The van der Waals surface area contributed by atoms with Crippen molar-refractivity contribution in [2.45, 2.75) is 46.3 Å². The fraction of sp³-hybridized carbons (Fsp3) is 0.370. The molecular weight excluding hydrogens is 449 g/mol. The highest BCUT2D eigenvalue weighted by Gasteiger charge is 2.33. The van der Waals surface area contributed by atoms with Gasteiger partial charge in [0.1, 0.15) is 17.8 Å². The van der Waals surface area contributed by atoms with Gasteiger partial charge < -0.3 is 19.4 Å². The van der Waals surface area contributed by atoms with Gasteiger partial charge in [0.15, 0.2) is 12.3 Å². The lowest BCUT2D eigenvalue weighted by Gasteiger charge is -2.39. The van der Waals surface area contributed by atoms with E-state index in [1.54, 1.807) is 12.1 Å². The maximum Gasteiger partial charge on any atom is 0.273 e. The number of rotatable bonds is 8. The van der Waals surface area contributed by atoms with Crippen LogP contribution < -0.4 is 10.1 Å². The molecule has 7 nitrogen and oxygen atoms in total. The van der Waals surface area contributed by atoms with Crippen LogP contribution >= 0.6 is 0 Å². The van der Waals surface area contributed by atoms with Crippen molar-refractivity contribution >= 4 is 11.8 Å². The maximum absolute atomic E-state index is 13.6. The van der Waals surface area contributed by atoms with Gasteiger partial charge in [0.25, 0.3) is 5.91 Å². The van der Waals surface area contributed by atoms with E-state index in [1.807, 2.05) is 43.9 Å². The molecular formula is C27H30FN3O4. The average Bonchev–Trinajstić information content (AvgIpc) is 3.34. The van der Waals surface area contributed by atoms with Crippen LogP contribution in [0.1, 0.15) is 66.3 Å². The summed E-state index contributed by atoms with van der Waals surface area (Å²) < 4.78 is 25.0. The van der Waals surface area contributed by atoms with Crippen molar-refractivity contribution in [3.63, 3.8) is 0 Å². The topological polar surface area (TPSA) is 84.7 Å². The predicted octanol–water partition coefficient (Wildman–Crippen LogP) is 4.66. The molecule has 0 fully saturated rings. The molecule has 2 heterocycles. The van der Waals surface area contributed by atoms with Crippen LogP contribution in [0.15, 0.2) is 53.1 Å². The van der Waals surface area contributed by atoms with Crippen LogP contribution in [-0.2, 0) is 17.8 Å². The highest BCUT2D eigenvalue weighted by molar-refractivity contribution is 5.91. The lowest BCUT2D eigenvalue weighted by Crippen LogP contribution is -2.42. The highest BCUT2D eigenvalue weighted by Crippen LogP contribution is 2.38. The first-order valence-electron chi connectivity index (χ1n) is 11.9. The summed E-state index contributed by atoms with van der Waals surface area (Å²) in [6, 6.07) is 11.7. The van der Waals surface area contributed by atoms with E-state index in [2.05, 4.69) is 10.3 Å². The van der Waals surface area contributed by atoms with Crippen LogP contribution in [0.25, 0.3) is 0 Å². The second-order valence-electron chi connectivity index (χ2n) is 8.92. The quantitative estimate of drug-likeness (QED) is 0.508. The summed E-state index contributed by atoms with van der Waals surface area (Å²) in [7, 11) is 0. The first-order valence-corrected chi connectivity index (χ1v) is 11.9. The van der Waals surface area contributed by atoms with Gasteiger partial charge in [-0.05, 0) is 53.8 Å². The van der Waals surface area contributed by atoms with Crippen LogP contribution in [0.5, 0.6) is 5.75 Å². The summed E-state index contributed by atoms with van der Waals surface area (Å²) in [6.07, 6.45) is 2.87. The molecule has 0 saturated heterocycles. The van der Waals surface area contributed by atoms with Crippen molar-refractivity contribution in [2.75, 3.05) is 13.1 Å². The number of hydrogen-bond donors (Lipinski definition) is 1. The molecule has 0 aliphatic carbocycles. The minimum absolute atomic E-state index is 0.0463. The van der Waals surface area contributed by atoms with Crippen molar-refractivity contribution in [1.29, 1.82) is 0 Å². The standard InChI is InChI=1S/C27H30FN3O4/c1-4-12-29-26(32)23-15-35-24(30-23)16-34-21-10-7-18-11-13-31(27(33)17(2)3)25(22(18)14-21)19-5-8-20(28)9-6-19/h5-10,14-15,17,25H,4,11-13,16H2,1-3H3,(H,29,32). The van der Waals surface area contributed by atoms with Gasteiger partial charge in [0, 0.05) is 19.0 Å². The van der Waals surface area contributed by atoms with Crippen LogP contribution in [0.4, 0.5) is 4.39 Å². The Kier molecular flexibility index (Phi) is 7.48. The molecule has 35 heavy (non-hydrogen) atoms. The Bertz CT molecular complexity index is 1190. The number of fused-ring (bicyclic) bond motifs is 1. The second-order valence-corrected chi connectivity index (χ2v) is 8.92. The lowest BCUT2D eigenvalue weighted by atomic mass is 9.87.